The van der Waals surface area contributed by atoms with Crippen LogP contribution in [0.1, 0.15) is 5.01 Å². The van der Waals surface area contributed by atoms with Gasteiger partial charge in [0, 0.05) is 5.56 Å². The Labute approximate surface area is 170 Å². The van der Waals surface area contributed by atoms with Gasteiger partial charge in [-0.25, -0.2) is 4.98 Å². The first-order valence-electron chi connectivity index (χ1n) is 8.55. The Morgan fingerprint density at radius 2 is 2.04 bits per heavy atom. The van der Waals surface area contributed by atoms with Crippen LogP contribution in [-0.2, 0) is 17.9 Å². The van der Waals surface area contributed by atoms with E-state index in [2.05, 4.69) is 20.5 Å². The molecule has 9 heteroatoms. The number of ether oxygens (including phenoxy) is 1. The van der Waals surface area contributed by atoms with Gasteiger partial charge in [-0.2, -0.15) is 5.10 Å². The lowest BCUT2D eigenvalue weighted by molar-refractivity contribution is -0.121. The number of methoxy groups -OCH3 is 1. The van der Waals surface area contributed by atoms with Crippen LogP contribution in [0.4, 0.5) is 0 Å². The number of H-pyrrole nitrogens is 1. The monoisotopic (exact) mass is 411 g/mol. The predicted octanol–water partition coefficient (Wildman–Crippen LogP) is 3.54. The highest BCUT2D eigenvalue weighted by molar-refractivity contribution is 7.71. The van der Waals surface area contributed by atoms with Gasteiger partial charge in [0.15, 0.2) is 10.6 Å². The van der Waals surface area contributed by atoms with E-state index in [9.17, 15) is 4.79 Å². The van der Waals surface area contributed by atoms with Gasteiger partial charge in [-0.1, -0.05) is 12.1 Å². The number of hydrogen-bond acceptors (Lipinski definition) is 6. The van der Waals surface area contributed by atoms with Crippen LogP contribution >= 0.6 is 23.6 Å². The molecule has 0 fully saturated rings. The zero-order valence-corrected chi connectivity index (χ0v) is 16.6. The standard InChI is InChI=1S/C19H17N5O2S2/c1-26-13-8-6-12(7-9-13)18-22-23-19(27)24(18)11-16(25)20-10-17-21-14-4-2-3-5-15(14)28-17/h2-9H,10-11H2,1H3,(H,20,25)(H,23,27). The van der Waals surface area contributed by atoms with Gasteiger partial charge in [0.1, 0.15) is 17.3 Å². The molecular formula is C19H17N5O2S2. The largest absolute Gasteiger partial charge is 0.497 e. The number of nitrogens with one attached hydrogen (secondary N) is 2. The maximum atomic E-state index is 12.5. The number of carbonyl (C=O) groups is 1. The Morgan fingerprint density at radius 1 is 1.25 bits per heavy atom. The van der Waals surface area contributed by atoms with Crippen LogP contribution in [0.2, 0.25) is 0 Å². The molecule has 0 radical (unpaired) electrons. The number of para-hydroxylation sites is 1. The molecule has 0 saturated heterocycles. The number of rotatable bonds is 6. The Kier molecular flexibility index (Phi) is 5.18. The van der Waals surface area contributed by atoms with E-state index >= 15 is 0 Å². The van der Waals surface area contributed by atoms with Crippen molar-refractivity contribution in [3.63, 3.8) is 0 Å². The number of nitrogens with zero attached hydrogens (tertiary/aromatic N) is 3. The molecule has 4 rings (SSSR count). The van der Waals surface area contributed by atoms with E-state index in [0.717, 1.165) is 26.5 Å². The molecule has 28 heavy (non-hydrogen) atoms. The molecule has 2 heterocycles. The fourth-order valence-electron chi connectivity index (χ4n) is 2.79. The van der Waals surface area contributed by atoms with Crippen LogP contribution in [0, 0.1) is 4.77 Å². The molecule has 7 nitrogen and oxygen atoms in total. The molecule has 0 aliphatic carbocycles. The van der Waals surface area contributed by atoms with Crippen LogP contribution in [-0.4, -0.2) is 32.8 Å². The Balaban J connectivity index is 1.46. The van der Waals surface area contributed by atoms with Gasteiger partial charge in [-0.3, -0.25) is 14.5 Å². The van der Waals surface area contributed by atoms with Gasteiger partial charge in [0.2, 0.25) is 5.91 Å². The van der Waals surface area contributed by atoms with Crippen molar-refractivity contribution >= 4 is 39.7 Å². The van der Waals surface area contributed by atoms with Crippen LogP contribution in [0.25, 0.3) is 21.6 Å². The molecule has 0 saturated carbocycles. The number of fused-ring (bicyclic) bond motifs is 1. The number of carbonyl (C=O) groups excluding carboxylic acids is 1. The van der Waals surface area contributed by atoms with E-state index in [0.29, 0.717) is 17.1 Å². The molecule has 2 aromatic carbocycles. The van der Waals surface area contributed by atoms with E-state index in [1.165, 1.54) is 0 Å². The summed E-state index contributed by atoms with van der Waals surface area (Å²) in [6.07, 6.45) is 0. The molecule has 142 valence electrons. The van der Waals surface area contributed by atoms with Crippen molar-refractivity contribution in [2.24, 2.45) is 0 Å². The molecule has 0 spiro atoms. The molecular weight excluding hydrogens is 394 g/mol. The number of aromatic amines is 1. The molecule has 1 amide bonds. The summed E-state index contributed by atoms with van der Waals surface area (Å²) in [6, 6.07) is 15.3. The molecule has 0 unspecified atom stereocenters. The van der Waals surface area contributed by atoms with Crippen molar-refractivity contribution in [3.05, 3.63) is 58.3 Å². The molecule has 0 atom stereocenters. The van der Waals surface area contributed by atoms with Crippen molar-refractivity contribution in [2.45, 2.75) is 13.1 Å². The first kappa shape index (κ1) is 18.3. The quantitative estimate of drug-likeness (QED) is 0.474. The van der Waals surface area contributed by atoms with Crippen molar-refractivity contribution in [1.29, 1.82) is 0 Å². The first-order valence-corrected chi connectivity index (χ1v) is 9.77. The van der Waals surface area contributed by atoms with Gasteiger partial charge >= 0.3 is 0 Å². The normalized spacial score (nSPS) is 10.9. The summed E-state index contributed by atoms with van der Waals surface area (Å²) in [6.45, 7) is 0.447. The molecule has 2 N–H and O–H groups in total. The third-order valence-corrected chi connectivity index (χ3v) is 5.53. The minimum absolute atomic E-state index is 0.0710. The summed E-state index contributed by atoms with van der Waals surface area (Å²) in [5.41, 5.74) is 1.78. The summed E-state index contributed by atoms with van der Waals surface area (Å²) < 4.78 is 8.34. The second-order valence-corrected chi connectivity index (χ2v) is 7.52. The van der Waals surface area contributed by atoms with Crippen LogP contribution in [0.5, 0.6) is 5.75 Å². The topological polar surface area (TPSA) is 84.8 Å². The summed E-state index contributed by atoms with van der Waals surface area (Å²) in [4.78, 5) is 17.0. The lowest BCUT2D eigenvalue weighted by atomic mass is 10.2. The molecule has 0 bridgehead atoms. The smallest absolute Gasteiger partial charge is 0.240 e. The van der Waals surface area contributed by atoms with E-state index in [1.807, 2.05) is 48.5 Å². The lowest BCUT2D eigenvalue weighted by Gasteiger charge is -2.08. The number of hydrogen-bond donors (Lipinski definition) is 2. The number of thiazole rings is 1. The predicted molar refractivity (Wildman–Crippen MR) is 111 cm³/mol. The zero-order valence-electron chi connectivity index (χ0n) is 15.0. The van der Waals surface area contributed by atoms with Gasteiger partial charge < -0.3 is 10.1 Å². The highest BCUT2D eigenvalue weighted by atomic mass is 32.1. The molecule has 0 aliphatic rings. The van der Waals surface area contributed by atoms with E-state index in [-0.39, 0.29) is 12.5 Å². The van der Waals surface area contributed by atoms with Gasteiger partial charge in [0.05, 0.1) is 23.9 Å². The third-order valence-electron chi connectivity index (χ3n) is 4.18. The lowest BCUT2D eigenvalue weighted by Crippen LogP contribution is -2.27. The fraction of sp³-hybridized carbons (Fsp3) is 0.158. The maximum absolute atomic E-state index is 12.5. The van der Waals surface area contributed by atoms with Gasteiger partial charge in [0.25, 0.3) is 0 Å². The highest BCUT2D eigenvalue weighted by Gasteiger charge is 2.13. The Hall–Kier alpha value is -3.04. The summed E-state index contributed by atoms with van der Waals surface area (Å²) in [5.74, 6) is 1.19. The Bertz CT molecular complexity index is 1140. The number of aromatic nitrogens is 4. The summed E-state index contributed by atoms with van der Waals surface area (Å²) in [5, 5.41) is 10.8. The van der Waals surface area contributed by atoms with E-state index in [4.69, 9.17) is 17.0 Å². The van der Waals surface area contributed by atoms with Crippen molar-refractivity contribution in [3.8, 4) is 17.1 Å². The average molecular weight is 412 g/mol. The van der Waals surface area contributed by atoms with Crippen molar-refractivity contribution < 1.29 is 9.53 Å². The second kappa shape index (κ2) is 7.91. The highest BCUT2D eigenvalue weighted by Crippen LogP contribution is 2.22. The fourth-order valence-corrected chi connectivity index (χ4v) is 3.90. The minimum atomic E-state index is -0.161. The number of benzene rings is 2. The molecule has 0 aliphatic heterocycles. The SMILES string of the molecule is COc1ccc(-c2n[nH]c(=S)n2CC(=O)NCc2nc3ccccc3s2)cc1. The third kappa shape index (κ3) is 3.80. The maximum Gasteiger partial charge on any atom is 0.240 e. The van der Waals surface area contributed by atoms with Crippen molar-refractivity contribution in [2.75, 3.05) is 7.11 Å². The van der Waals surface area contributed by atoms with Gasteiger partial charge in [-0.05, 0) is 48.6 Å². The second-order valence-electron chi connectivity index (χ2n) is 6.02. The van der Waals surface area contributed by atoms with Crippen LogP contribution in [0.15, 0.2) is 48.5 Å². The van der Waals surface area contributed by atoms with Crippen LogP contribution < -0.4 is 10.1 Å². The first-order chi connectivity index (χ1) is 13.6. The Morgan fingerprint density at radius 3 is 2.79 bits per heavy atom. The summed E-state index contributed by atoms with van der Waals surface area (Å²) in [7, 11) is 1.61. The van der Waals surface area contributed by atoms with E-state index < -0.39 is 0 Å². The minimum Gasteiger partial charge on any atom is -0.497 e. The molecule has 2 aromatic heterocycles. The average Bonchev–Trinajstić information content (AvgIpc) is 3.30. The molecule has 4 aromatic rings. The van der Waals surface area contributed by atoms with Gasteiger partial charge in [-0.15, -0.1) is 11.3 Å². The zero-order chi connectivity index (χ0) is 19.5. The summed E-state index contributed by atoms with van der Waals surface area (Å²) >= 11 is 6.86. The van der Waals surface area contributed by atoms with Crippen LogP contribution in [0.3, 0.4) is 0 Å². The van der Waals surface area contributed by atoms with Crippen molar-refractivity contribution in [1.82, 2.24) is 25.1 Å². The van der Waals surface area contributed by atoms with E-state index in [1.54, 1.807) is 23.0 Å². The number of amides is 1.